The number of imidazole rings is 1. The van der Waals surface area contributed by atoms with Gasteiger partial charge in [0, 0.05) is 29.5 Å². The van der Waals surface area contributed by atoms with Crippen molar-refractivity contribution in [1.82, 2.24) is 25.1 Å². The molecule has 0 fully saturated rings. The molecule has 2 N–H and O–H groups in total. The molecule has 2 aromatic carbocycles. The molecule has 0 spiro atoms. The van der Waals surface area contributed by atoms with Gasteiger partial charge in [-0.05, 0) is 35.7 Å². The Balaban J connectivity index is 1.56. The Hall–Kier alpha value is -3.76. The van der Waals surface area contributed by atoms with Gasteiger partial charge < -0.3 is 9.72 Å². The summed E-state index contributed by atoms with van der Waals surface area (Å²) in [6, 6.07) is 9.87. The summed E-state index contributed by atoms with van der Waals surface area (Å²) in [5.74, 6) is -0.333. The second kappa shape index (κ2) is 8.79. The number of benzene rings is 2. The molecule has 3 aromatic heterocycles. The molecule has 11 heteroatoms. The maximum absolute atomic E-state index is 15.6. The molecule has 0 saturated heterocycles. The number of halogens is 2. The number of hydrogen-bond donors (Lipinski definition) is 2. The fourth-order valence-corrected chi connectivity index (χ4v) is 5.85. The van der Waals surface area contributed by atoms with Gasteiger partial charge in [-0.25, -0.2) is 22.8 Å². The van der Waals surface area contributed by atoms with Crippen LogP contribution in [-0.2, 0) is 15.6 Å². The Bertz CT molecular complexity index is 1670. The molecule has 0 amide bonds. The number of sulfone groups is 1. The SMILES string of the molecule is COc1ncc(Cl)cc1S(=O)(=O)Cc1cccc(-c2ccc3c(-c4ncc[nH]4)[nH]nc3c2F)c1C. The highest BCUT2D eigenvalue weighted by molar-refractivity contribution is 7.90. The number of fused-ring (bicyclic) bond motifs is 1. The van der Waals surface area contributed by atoms with E-state index in [9.17, 15) is 8.42 Å². The third-order valence-corrected chi connectivity index (χ3v) is 7.66. The Morgan fingerprint density at radius 3 is 2.71 bits per heavy atom. The number of nitrogens with one attached hydrogen (secondary N) is 2. The number of pyridine rings is 1. The lowest BCUT2D eigenvalue weighted by Crippen LogP contribution is -2.09. The summed E-state index contributed by atoms with van der Waals surface area (Å²) >= 11 is 5.98. The molecule has 35 heavy (non-hydrogen) atoms. The van der Waals surface area contributed by atoms with E-state index in [4.69, 9.17) is 16.3 Å². The van der Waals surface area contributed by atoms with E-state index in [1.54, 1.807) is 49.6 Å². The van der Waals surface area contributed by atoms with E-state index in [1.165, 1.54) is 19.4 Å². The standard InChI is InChI=1S/C24H19ClFN5O3S/c1-13-14(12-35(32,33)19-10-15(25)11-29-24(19)34-2)4-3-5-16(13)17-6-7-18-21(20(17)26)30-31-22(18)23-27-8-9-28-23/h3-11H,12H2,1-2H3,(H,27,28)(H,30,31). The Morgan fingerprint density at radius 2 is 1.97 bits per heavy atom. The van der Waals surface area contributed by atoms with Crippen LogP contribution in [0.1, 0.15) is 11.1 Å². The predicted molar refractivity (Wildman–Crippen MR) is 130 cm³/mol. The third kappa shape index (κ3) is 4.04. The Labute approximate surface area is 205 Å². The fraction of sp³-hybridized carbons (Fsp3) is 0.125. The quantitative estimate of drug-likeness (QED) is 0.328. The first-order valence-corrected chi connectivity index (χ1v) is 12.5. The zero-order valence-electron chi connectivity index (χ0n) is 18.6. The van der Waals surface area contributed by atoms with Gasteiger partial charge in [0.25, 0.3) is 0 Å². The summed E-state index contributed by atoms with van der Waals surface area (Å²) in [5, 5.41) is 7.74. The number of methoxy groups -OCH3 is 1. The average molecular weight is 512 g/mol. The van der Waals surface area contributed by atoms with Gasteiger partial charge in [-0.3, -0.25) is 5.10 Å². The van der Waals surface area contributed by atoms with Crippen molar-refractivity contribution in [3.05, 3.63) is 77.0 Å². The minimum Gasteiger partial charge on any atom is -0.480 e. The van der Waals surface area contributed by atoms with Gasteiger partial charge in [0.05, 0.1) is 17.9 Å². The van der Waals surface area contributed by atoms with E-state index in [1.807, 2.05) is 0 Å². The van der Waals surface area contributed by atoms with E-state index in [0.717, 1.165) is 0 Å². The molecule has 5 rings (SSSR count). The molecule has 3 heterocycles. The monoisotopic (exact) mass is 511 g/mol. The first-order valence-electron chi connectivity index (χ1n) is 10.5. The van der Waals surface area contributed by atoms with Crippen LogP contribution in [0, 0.1) is 12.7 Å². The van der Waals surface area contributed by atoms with E-state index in [0.29, 0.717) is 39.2 Å². The van der Waals surface area contributed by atoms with Gasteiger partial charge in [-0.1, -0.05) is 35.9 Å². The van der Waals surface area contributed by atoms with E-state index < -0.39 is 15.7 Å². The topological polar surface area (TPSA) is 114 Å². The molecule has 0 aliphatic carbocycles. The van der Waals surface area contributed by atoms with Gasteiger partial charge >= 0.3 is 0 Å². The summed E-state index contributed by atoms with van der Waals surface area (Å²) in [6.45, 7) is 1.76. The van der Waals surface area contributed by atoms with Gasteiger partial charge in [0.1, 0.15) is 16.1 Å². The van der Waals surface area contributed by atoms with E-state index in [2.05, 4.69) is 25.1 Å². The lowest BCUT2D eigenvalue weighted by molar-refractivity contribution is 0.385. The minimum atomic E-state index is -3.86. The summed E-state index contributed by atoms with van der Waals surface area (Å²) in [4.78, 5) is 11.0. The molecular weight excluding hydrogens is 493 g/mol. The summed E-state index contributed by atoms with van der Waals surface area (Å²) in [7, 11) is -2.52. The summed E-state index contributed by atoms with van der Waals surface area (Å²) < 4.78 is 47.1. The van der Waals surface area contributed by atoms with Crippen LogP contribution in [0.2, 0.25) is 5.02 Å². The lowest BCUT2D eigenvalue weighted by atomic mass is 9.95. The predicted octanol–water partition coefficient (Wildman–Crippen LogP) is 5.10. The number of rotatable bonds is 6. The van der Waals surface area contributed by atoms with Gasteiger partial charge in [-0.2, -0.15) is 5.10 Å². The molecule has 0 unspecified atom stereocenters. The number of nitrogens with zero attached hydrogens (tertiary/aromatic N) is 3. The first kappa shape index (κ1) is 23.0. The smallest absolute Gasteiger partial charge is 0.232 e. The number of aromatic nitrogens is 5. The maximum atomic E-state index is 15.6. The molecule has 5 aromatic rings. The number of hydrogen-bond acceptors (Lipinski definition) is 6. The van der Waals surface area contributed by atoms with Crippen molar-refractivity contribution >= 4 is 32.3 Å². The number of H-pyrrole nitrogens is 2. The van der Waals surface area contributed by atoms with Crippen molar-refractivity contribution in [1.29, 1.82) is 0 Å². The average Bonchev–Trinajstić information content (AvgIpc) is 3.51. The number of aromatic amines is 2. The van der Waals surface area contributed by atoms with Crippen LogP contribution in [0.25, 0.3) is 33.5 Å². The summed E-state index contributed by atoms with van der Waals surface area (Å²) in [6.07, 6.45) is 4.59. The molecule has 0 aliphatic heterocycles. The minimum absolute atomic E-state index is 0.0365. The summed E-state index contributed by atoms with van der Waals surface area (Å²) in [5.41, 5.74) is 2.77. The van der Waals surface area contributed by atoms with Crippen molar-refractivity contribution in [3.8, 4) is 28.5 Å². The molecular formula is C24H19ClFN5O3S. The van der Waals surface area contributed by atoms with Gasteiger partial charge in [0.15, 0.2) is 21.5 Å². The normalized spacial score (nSPS) is 11.8. The largest absolute Gasteiger partial charge is 0.480 e. The van der Waals surface area contributed by atoms with Crippen molar-refractivity contribution in [2.75, 3.05) is 7.11 Å². The van der Waals surface area contributed by atoms with Crippen LogP contribution in [-0.4, -0.2) is 40.7 Å². The van der Waals surface area contributed by atoms with Crippen molar-refractivity contribution < 1.29 is 17.5 Å². The Kier molecular flexibility index (Phi) is 5.78. The highest BCUT2D eigenvalue weighted by atomic mass is 35.5. The molecule has 0 bridgehead atoms. The molecule has 8 nitrogen and oxygen atoms in total. The lowest BCUT2D eigenvalue weighted by Gasteiger charge is -2.14. The maximum Gasteiger partial charge on any atom is 0.232 e. The highest BCUT2D eigenvalue weighted by Gasteiger charge is 2.24. The van der Waals surface area contributed by atoms with Crippen LogP contribution < -0.4 is 4.74 Å². The first-order chi connectivity index (χ1) is 16.8. The molecule has 0 saturated carbocycles. The zero-order valence-corrected chi connectivity index (χ0v) is 20.2. The van der Waals surface area contributed by atoms with Crippen molar-refractivity contribution in [3.63, 3.8) is 0 Å². The van der Waals surface area contributed by atoms with Crippen LogP contribution in [0.5, 0.6) is 5.88 Å². The number of ether oxygens (including phenoxy) is 1. The van der Waals surface area contributed by atoms with Gasteiger partial charge in [-0.15, -0.1) is 0 Å². The van der Waals surface area contributed by atoms with Crippen molar-refractivity contribution in [2.24, 2.45) is 0 Å². The molecule has 0 atom stereocenters. The van der Waals surface area contributed by atoms with E-state index in [-0.39, 0.29) is 27.1 Å². The highest BCUT2D eigenvalue weighted by Crippen LogP contribution is 2.35. The van der Waals surface area contributed by atoms with Crippen LogP contribution >= 0.6 is 11.6 Å². The van der Waals surface area contributed by atoms with E-state index >= 15 is 4.39 Å². The van der Waals surface area contributed by atoms with Crippen LogP contribution in [0.15, 0.2) is 59.9 Å². The second-order valence-electron chi connectivity index (χ2n) is 7.87. The second-order valence-corrected chi connectivity index (χ2v) is 10.3. The van der Waals surface area contributed by atoms with Crippen molar-refractivity contribution in [2.45, 2.75) is 17.6 Å². The molecule has 0 aliphatic rings. The fourth-order valence-electron chi connectivity index (χ4n) is 4.04. The van der Waals surface area contributed by atoms with Crippen LogP contribution in [0.3, 0.4) is 0 Å². The van der Waals surface area contributed by atoms with Crippen LogP contribution in [0.4, 0.5) is 4.39 Å². The zero-order chi connectivity index (χ0) is 24.7. The Morgan fingerprint density at radius 1 is 1.14 bits per heavy atom. The molecule has 0 radical (unpaired) electrons. The van der Waals surface area contributed by atoms with Gasteiger partial charge in [0.2, 0.25) is 5.88 Å². The molecule has 178 valence electrons. The third-order valence-electron chi connectivity index (χ3n) is 5.80.